The highest BCUT2D eigenvalue weighted by atomic mass is 16.3. The molecule has 6 atom stereocenters. The van der Waals surface area contributed by atoms with Gasteiger partial charge in [-0.05, 0) is 98.9 Å². The normalized spacial score (nSPS) is 40.6. The Morgan fingerprint density at radius 1 is 1.07 bits per heavy atom. The fourth-order valence-corrected chi connectivity index (χ4v) is 6.56. The van der Waals surface area contributed by atoms with E-state index in [-0.39, 0.29) is 12.2 Å². The summed E-state index contributed by atoms with van der Waals surface area (Å²) in [5.74, 6) is 2.45. The Morgan fingerprint density at radius 2 is 1.86 bits per heavy atom. The van der Waals surface area contributed by atoms with E-state index in [0.717, 1.165) is 19.3 Å². The lowest BCUT2D eigenvalue weighted by atomic mass is 9.61. The maximum Gasteiger partial charge on any atom is 0.0749 e. The van der Waals surface area contributed by atoms with Gasteiger partial charge >= 0.3 is 0 Å². The van der Waals surface area contributed by atoms with Crippen LogP contribution in [0.15, 0.2) is 47.6 Å². The highest BCUT2D eigenvalue weighted by Crippen LogP contribution is 2.59. The third kappa shape index (κ3) is 4.49. The van der Waals surface area contributed by atoms with Crippen LogP contribution in [0.3, 0.4) is 0 Å². The van der Waals surface area contributed by atoms with E-state index in [1.807, 2.05) is 0 Å². The minimum atomic E-state index is -0.227. The van der Waals surface area contributed by atoms with Crippen LogP contribution < -0.4 is 0 Å². The van der Waals surface area contributed by atoms with E-state index in [1.165, 1.54) is 56.1 Å². The van der Waals surface area contributed by atoms with E-state index < -0.39 is 0 Å². The molecular formula is C27H40O2. The molecule has 0 aromatic heterocycles. The van der Waals surface area contributed by atoms with Gasteiger partial charge in [-0.2, -0.15) is 0 Å². The minimum Gasteiger partial charge on any atom is -0.393 e. The Kier molecular flexibility index (Phi) is 6.23. The first kappa shape index (κ1) is 21.1. The van der Waals surface area contributed by atoms with Gasteiger partial charge < -0.3 is 10.2 Å². The monoisotopic (exact) mass is 396 g/mol. The average Bonchev–Trinajstić information content (AvgIpc) is 3.48. The molecule has 0 radical (unpaired) electrons. The van der Waals surface area contributed by atoms with Gasteiger partial charge in [0.2, 0.25) is 0 Å². The van der Waals surface area contributed by atoms with Gasteiger partial charge in [-0.15, -0.1) is 0 Å². The number of allylic oxidation sites excluding steroid dienone is 5. The molecule has 4 aliphatic carbocycles. The van der Waals surface area contributed by atoms with E-state index in [0.29, 0.717) is 29.1 Å². The molecule has 29 heavy (non-hydrogen) atoms. The first-order chi connectivity index (χ1) is 13.9. The van der Waals surface area contributed by atoms with Crippen molar-refractivity contribution in [3.63, 3.8) is 0 Å². The maximum absolute atomic E-state index is 10.2. The third-order valence-corrected chi connectivity index (χ3v) is 8.58. The van der Waals surface area contributed by atoms with E-state index in [9.17, 15) is 10.2 Å². The molecule has 2 heteroatoms. The van der Waals surface area contributed by atoms with Crippen LogP contribution in [0, 0.1) is 29.1 Å². The number of aliphatic hydroxyl groups is 2. The van der Waals surface area contributed by atoms with Gasteiger partial charge in [0.25, 0.3) is 0 Å². The van der Waals surface area contributed by atoms with Crippen molar-refractivity contribution in [1.82, 2.24) is 0 Å². The third-order valence-electron chi connectivity index (χ3n) is 8.58. The molecule has 0 spiro atoms. The van der Waals surface area contributed by atoms with Gasteiger partial charge in [-0.3, -0.25) is 0 Å². The summed E-state index contributed by atoms with van der Waals surface area (Å²) in [6.45, 7) is 9.11. The smallest absolute Gasteiger partial charge is 0.0749 e. The summed E-state index contributed by atoms with van der Waals surface area (Å²) in [6.07, 6.45) is 20.0. The zero-order valence-corrected chi connectivity index (χ0v) is 18.4. The molecule has 0 saturated heterocycles. The average molecular weight is 397 g/mol. The van der Waals surface area contributed by atoms with E-state index in [4.69, 9.17) is 0 Å². The lowest BCUT2D eigenvalue weighted by Crippen LogP contribution is -2.35. The zero-order valence-electron chi connectivity index (χ0n) is 18.4. The second kappa shape index (κ2) is 8.55. The highest BCUT2D eigenvalue weighted by Gasteiger charge is 2.50. The first-order valence-corrected chi connectivity index (χ1v) is 12.0. The molecule has 0 amide bonds. The largest absolute Gasteiger partial charge is 0.393 e. The van der Waals surface area contributed by atoms with Crippen LogP contribution in [-0.4, -0.2) is 22.4 Å². The highest BCUT2D eigenvalue weighted by molar-refractivity contribution is 5.36. The number of fused-ring (bicyclic) bond motifs is 1. The number of hydrogen-bond donors (Lipinski definition) is 2. The molecule has 4 aliphatic rings. The number of hydrogen-bond acceptors (Lipinski definition) is 2. The van der Waals surface area contributed by atoms with E-state index in [2.05, 4.69) is 44.7 Å². The van der Waals surface area contributed by atoms with Crippen molar-refractivity contribution < 1.29 is 10.2 Å². The molecule has 160 valence electrons. The van der Waals surface area contributed by atoms with Gasteiger partial charge in [0, 0.05) is 0 Å². The molecule has 4 rings (SSSR count). The second-order valence-electron chi connectivity index (χ2n) is 10.6. The van der Waals surface area contributed by atoms with Crippen molar-refractivity contribution in [2.45, 2.75) is 90.3 Å². The van der Waals surface area contributed by atoms with Crippen LogP contribution in [0.2, 0.25) is 0 Å². The molecular weight excluding hydrogens is 356 g/mol. The van der Waals surface area contributed by atoms with Gasteiger partial charge in [0.1, 0.15) is 0 Å². The molecule has 0 heterocycles. The van der Waals surface area contributed by atoms with Gasteiger partial charge in [-0.25, -0.2) is 0 Å². The first-order valence-electron chi connectivity index (χ1n) is 12.0. The summed E-state index contributed by atoms with van der Waals surface area (Å²) >= 11 is 0. The Labute approximate surface area is 177 Å². The predicted molar refractivity (Wildman–Crippen MR) is 120 cm³/mol. The zero-order chi connectivity index (χ0) is 20.6. The van der Waals surface area contributed by atoms with Crippen LogP contribution in [0.1, 0.15) is 78.1 Å². The minimum absolute atomic E-state index is 0.198. The van der Waals surface area contributed by atoms with Crippen molar-refractivity contribution in [3.05, 3.63) is 47.6 Å². The van der Waals surface area contributed by atoms with Crippen LogP contribution in [0.25, 0.3) is 0 Å². The fourth-order valence-electron chi connectivity index (χ4n) is 6.56. The van der Waals surface area contributed by atoms with Crippen LogP contribution in [-0.2, 0) is 0 Å². The van der Waals surface area contributed by atoms with Crippen molar-refractivity contribution in [1.29, 1.82) is 0 Å². The predicted octanol–water partition coefficient (Wildman–Crippen LogP) is 6.12. The van der Waals surface area contributed by atoms with Crippen LogP contribution in [0.4, 0.5) is 0 Å². The van der Waals surface area contributed by atoms with Gasteiger partial charge in [-0.1, -0.05) is 55.9 Å². The molecule has 2 N–H and O–H groups in total. The Hall–Kier alpha value is -1.12. The fraction of sp³-hybridized carbons (Fsp3) is 0.704. The summed E-state index contributed by atoms with van der Waals surface area (Å²) in [7, 11) is 0. The summed E-state index contributed by atoms with van der Waals surface area (Å²) < 4.78 is 0. The molecule has 0 bridgehead atoms. The summed E-state index contributed by atoms with van der Waals surface area (Å²) in [5, 5.41) is 20.2. The van der Waals surface area contributed by atoms with Crippen molar-refractivity contribution in [2.24, 2.45) is 29.1 Å². The Bertz CT molecular complexity index is 710. The summed E-state index contributed by atoms with van der Waals surface area (Å²) in [5.41, 5.74) is 4.46. The lowest BCUT2D eigenvalue weighted by molar-refractivity contribution is 0.111. The van der Waals surface area contributed by atoms with Crippen molar-refractivity contribution >= 4 is 0 Å². The van der Waals surface area contributed by atoms with Crippen LogP contribution >= 0.6 is 0 Å². The number of rotatable bonds is 5. The molecule has 0 aromatic carbocycles. The number of aliphatic hydroxyl groups excluding tert-OH is 2. The maximum atomic E-state index is 10.2. The second-order valence-corrected chi connectivity index (χ2v) is 10.6. The Balaban J connectivity index is 1.47. The Morgan fingerprint density at radius 3 is 2.62 bits per heavy atom. The molecule has 2 nitrogen and oxygen atoms in total. The van der Waals surface area contributed by atoms with Gasteiger partial charge in [0.05, 0.1) is 12.2 Å². The summed E-state index contributed by atoms with van der Waals surface area (Å²) in [6, 6.07) is 0. The standard InChI is InChI=1S/C27H40O2/c1-18-6-12-23(28)17-22(18)11-8-20-5-4-16-27(3)24(13-14-25(20)27)19(2)7-15-26(29)21-9-10-21/h7-8,11,15,19,21,23-26,28-29H,1,4-6,9-10,12-14,16-17H2,2-3H3/b15-7+,20-8+,22-11-/t19-,23-,24?,25?,26?,27+/m0/s1. The van der Waals surface area contributed by atoms with E-state index in [1.54, 1.807) is 5.57 Å². The lowest BCUT2D eigenvalue weighted by Gasteiger charge is -2.44. The molecule has 4 saturated carbocycles. The molecule has 0 aliphatic heterocycles. The van der Waals surface area contributed by atoms with Crippen molar-refractivity contribution in [2.75, 3.05) is 0 Å². The summed E-state index contributed by atoms with van der Waals surface area (Å²) in [4.78, 5) is 0. The van der Waals surface area contributed by atoms with Gasteiger partial charge in [0.15, 0.2) is 0 Å². The van der Waals surface area contributed by atoms with E-state index >= 15 is 0 Å². The topological polar surface area (TPSA) is 40.5 Å². The quantitative estimate of drug-likeness (QED) is 0.550. The molecule has 4 fully saturated rings. The van der Waals surface area contributed by atoms with Crippen LogP contribution in [0.5, 0.6) is 0 Å². The molecule has 0 aromatic rings. The SMILES string of the molecule is C=C1CC[C@H](O)C/C1=C/C=C1\CCC[C@@]2(C)C1CCC2[C@@H](C)/C=C/C(O)C1CC1. The van der Waals surface area contributed by atoms with Crippen molar-refractivity contribution in [3.8, 4) is 0 Å². The molecule has 3 unspecified atom stereocenters.